The number of ether oxygens (including phenoxy) is 1. The van der Waals surface area contributed by atoms with Crippen molar-refractivity contribution in [1.82, 2.24) is 0 Å². The molecule has 0 spiro atoms. The maximum absolute atomic E-state index is 11.7. The molecule has 1 rings (SSSR count). The molecular formula is C10H20O2S. The summed E-state index contributed by atoms with van der Waals surface area (Å²) < 4.78 is 17.0. The van der Waals surface area contributed by atoms with E-state index < -0.39 is 10.8 Å². The minimum absolute atomic E-state index is 0.422. The van der Waals surface area contributed by atoms with Gasteiger partial charge in [0.05, 0.1) is 0 Å². The van der Waals surface area contributed by atoms with E-state index >= 15 is 0 Å². The molecule has 1 aliphatic rings. The second-order valence-electron chi connectivity index (χ2n) is 3.60. The maximum atomic E-state index is 11.7. The standard InChI is InChI=1S/C10H20O2S/c1-2-3-4-9-13(11)10-5-7-12-8-6-10/h10H,2-9H2,1H3/t13-/m0/s1. The zero-order valence-electron chi connectivity index (χ0n) is 8.46. The van der Waals surface area contributed by atoms with Crippen LogP contribution in [0.2, 0.25) is 0 Å². The van der Waals surface area contributed by atoms with Crippen LogP contribution >= 0.6 is 0 Å². The van der Waals surface area contributed by atoms with E-state index in [-0.39, 0.29) is 0 Å². The first-order chi connectivity index (χ1) is 6.34. The highest BCUT2D eigenvalue weighted by molar-refractivity contribution is 7.85. The number of hydrogen-bond donors (Lipinski definition) is 0. The van der Waals surface area contributed by atoms with Gasteiger partial charge in [0.25, 0.3) is 0 Å². The van der Waals surface area contributed by atoms with E-state index in [4.69, 9.17) is 4.74 Å². The van der Waals surface area contributed by atoms with E-state index in [0.717, 1.165) is 38.2 Å². The maximum Gasteiger partial charge on any atom is 0.0477 e. The van der Waals surface area contributed by atoms with Gasteiger partial charge in [0.1, 0.15) is 0 Å². The molecule has 1 heterocycles. The molecule has 0 aliphatic carbocycles. The highest BCUT2D eigenvalue weighted by Crippen LogP contribution is 2.14. The van der Waals surface area contributed by atoms with Crippen LogP contribution < -0.4 is 0 Å². The van der Waals surface area contributed by atoms with E-state index in [2.05, 4.69) is 6.92 Å². The van der Waals surface area contributed by atoms with Gasteiger partial charge in [-0.05, 0) is 19.3 Å². The second-order valence-corrected chi connectivity index (χ2v) is 5.44. The van der Waals surface area contributed by atoms with Gasteiger partial charge in [0, 0.05) is 35.0 Å². The second kappa shape index (κ2) is 6.55. The molecule has 3 heteroatoms. The summed E-state index contributed by atoms with van der Waals surface area (Å²) >= 11 is 0. The SMILES string of the molecule is CCCCC[S@](=O)C1CCOCC1. The van der Waals surface area contributed by atoms with Gasteiger partial charge in [-0.15, -0.1) is 0 Å². The van der Waals surface area contributed by atoms with Gasteiger partial charge < -0.3 is 4.74 Å². The highest BCUT2D eigenvalue weighted by Gasteiger charge is 2.19. The Morgan fingerprint density at radius 1 is 1.31 bits per heavy atom. The summed E-state index contributed by atoms with van der Waals surface area (Å²) in [6, 6.07) is 0. The van der Waals surface area contributed by atoms with Crippen molar-refractivity contribution >= 4 is 10.8 Å². The van der Waals surface area contributed by atoms with Crippen LogP contribution in [0, 0.1) is 0 Å². The van der Waals surface area contributed by atoms with Gasteiger partial charge >= 0.3 is 0 Å². The average molecular weight is 204 g/mol. The first-order valence-corrected chi connectivity index (χ1v) is 6.67. The molecule has 2 nitrogen and oxygen atoms in total. The number of hydrogen-bond acceptors (Lipinski definition) is 2. The molecule has 0 aromatic rings. The third-order valence-corrected chi connectivity index (χ3v) is 4.40. The van der Waals surface area contributed by atoms with Crippen molar-refractivity contribution in [3.05, 3.63) is 0 Å². The van der Waals surface area contributed by atoms with E-state index in [9.17, 15) is 4.21 Å². The largest absolute Gasteiger partial charge is 0.381 e. The van der Waals surface area contributed by atoms with Crippen LogP contribution in [0.3, 0.4) is 0 Å². The van der Waals surface area contributed by atoms with E-state index in [1.807, 2.05) is 0 Å². The van der Waals surface area contributed by atoms with Crippen molar-refractivity contribution in [3.8, 4) is 0 Å². The smallest absolute Gasteiger partial charge is 0.0477 e. The Morgan fingerprint density at radius 3 is 2.62 bits per heavy atom. The van der Waals surface area contributed by atoms with Gasteiger partial charge in [-0.1, -0.05) is 19.8 Å². The van der Waals surface area contributed by atoms with Crippen LogP contribution in [0.5, 0.6) is 0 Å². The van der Waals surface area contributed by atoms with Crippen LogP contribution in [0.1, 0.15) is 39.0 Å². The lowest BCUT2D eigenvalue weighted by atomic mass is 10.2. The summed E-state index contributed by atoms with van der Waals surface area (Å²) in [5.41, 5.74) is 0. The van der Waals surface area contributed by atoms with Crippen LogP contribution in [0.25, 0.3) is 0 Å². The molecular weight excluding hydrogens is 184 g/mol. The molecule has 78 valence electrons. The molecule has 0 aromatic heterocycles. The van der Waals surface area contributed by atoms with Crippen molar-refractivity contribution in [1.29, 1.82) is 0 Å². The van der Waals surface area contributed by atoms with E-state index in [1.165, 1.54) is 12.8 Å². The summed E-state index contributed by atoms with van der Waals surface area (Å²) in [4.78, 5) is 0. The summed E-state index contributed by atoms with van der Waals surface area (Å²) in [6.07, 6.45) is 5.55. The predicted molar refractivity (Wildman–Crippen MR) is 56.4 cm³/mol. The lowest BCUT2D eigenvalue weighted by Crippen LogP contribution is -2.26. The number of rotatable bonds is 5. The number of unbranched alkanes of at least 4 members (excludes halogenated alkanes) is 2. The van der Waals surface area contributed by atoms with Crippen LogP contribution in [-0.4, -0.2) is 28.4 Å². The molecule has 13 heavy (non-hydrogen) atoms. The molecule has 0 amide bonds. The Bertz CT molecular complexity index is 153. The van der Waals surface area contributed by atoms with Gasteiger partial charge in [0.15, 0.2) is 0 Å². The molecule has 0 bridgehead atoms. The average Bonchev–Trinajstić information content (AvgIpc) is 2.19. The molecule has 0 radical (unpaired) electrons. The van der Waals surface area contributed by atoms with Crippen molar-refractivity contribution in [3.63, 3.8) is 0 Å². The monoisotopic (exact) mass is 204 g/mol. The molecule has 1 aliphatic heterocycles. The van der Waals surface area contributed by atoms with E-state index in [1.54, 1.807) is 0 Å². The minimum Gasteiger partial charge on any atom is -0.381 e. The zero-order chi connectivity index (χ0) is 9.52. The lowest BCUT2D eigenvalue weighted by Gasteiger charge is -2.21. The fraction of sp³-hybridized carbons (Fsp3) is 1.00. The van der Waals surface area contributed by atoms with E-state index in [0.29, 0.717) is 5.25 Å². The fourth-order valence-corrected chi connectivity index (χ4v) is 3.14. The van der Waals surface area contributed by atoms with Crippen molar-refractivity contribution in [2.45, 2.75) is 44.3 Å². The minimum atomic E-state index is -0.588. The van der Waals surface area contributed by atoms with Crippen molar-refractivity contribution in [2.24, 2.45) is 0 Å². The molecule has 1 fully saturated rings. The Balaban J connectivity index is 2.13. The van der Waals surface area contributed by atoms with Crippen molar-refractivity contribution < 1.29 is 8.95 Å². The Morgan fingerprint density at radius 2 is 2.00 bits per heavy atom. The molecule has 1 saturated heterocycles. The molecule has 0 saturated carbocycles. The Labute approximate surface area is 83.5 Å². The predicted octanol–water partition coefficient (Wildman–Crippen LogP) is 2.10. The molecule has 0 aromatic carbocycles. The third-order valence-electron chi connectivity index (χ3n) is 2.49. The summed E-state index contributed by atoms with van der Waals surface area (Å²) in [6.45, 7) is 3.80. The Kier molecular flexibility index (Phi) is 5.63. The highest BCUT2D eigenvalue weighted by atomic mass is 32.2. The molecule has 0 unspecified atom stereocenters. The first-order valence-electron chi connectivity index (χ1n) is 5.29. The fourth-order valence-electron chi connectivity index (χ4n) is 1.60. The summed E-state index contributed by atoms with van der Waals surface area (Å²) in [5, 5.41) is 0.422. The zero-order valence-corrected chi connectivity index (χ0v) is 9.28. The summed E-state index contributed by atoms with van der Waals surface area (Å²) in [5.74, 6) is 0.901. The van der Waals surface area contributed by atoms with Crippen molar-refractivity contribution in [2.75, 3.05) is 19.0 Å². The van der Waals surface area contributed by atoms with Crippen LogP contribution in [0.15, 0.2) is 0 Å². The quantitative estimate of drug-likeness (QED) is 0.641. The molecule has 0 N–H and O–H groups in total. The third kappa shape index (κ3) is 4.23. The van der Waals surface area contributed by atoms with Crippen LogP contribution in [-0.2, 0) is 15.5 Å². The van der Waals surface area contributed by atoms with Gasteiger partial charge in [-0.2, -0.15) is 0 Å². The first kappa shape index (κ1) is 11.2. The van der Waals surface area contributed by atoms with Gasteiger partial charge in [-0.3, -0.25) is 4.21 Å². The van der Waals surface area contributed by atoms with Crippen LogP contribution in [0.4, 0.5) is 0 Å². The van der Waals surface area contributed by atoms with Gasteiger partial charge in [-0.25, -0.2) is 0 Å². The summed E-state index contributed by atoms with van der Waals surface area (Å²) in [7, 11) is -0.588. The normalized spacial score (nSPS) is 21.6. The topological polar surface area (TPSA) is 26.3 Å². The lowest BCUT2D eigenvalue weighted by molar-refractivity contribution is 0.0992. The van der Waals surface area contributed by atoms with Gasteiger partial charge in [0.2, 0.25) is 0 Å². The Hall–Kier alpha value is 0.110. The molecule has 1 atom stereocenters.